The zero-order valence-electron chi connectivity index (χ0n) is 6.66. The second kappa shape index (κ2) is 2.66. The van der Waals surface area contributed by atoms with Crippen LogP contribution >= 0.6 is 0 Å². The van der Waals surface area contributed by atoms with Gasteiger partial charge in [0.05, 0.1) is 6.61 Å². The predicted molar refractivity (Wildman–Crippen MR) is 41.2 cm³/mol. The molecule has 2 heterocycles. The lowest BCUT2D eigenvalue weighted by Crippen LogP contribution is -2.21. The third-order valence-corrected chi connectivity index (χ3v) is 2.19. The minimum absolute atomic E-state index is 0.547. The highest BCUT2D eigenvalue weighted by molar-refractivity contribution is 5.08. The molecule has 0 bridgehead atoms. The molecule has 1 aliphatic heterocycles. The fourth-order valence-electron chi connectivity index (χ4n) is 1.49. The molecule has 3 nitrogen and oxygen atoms in total. The molecule has 0 fully saturated rings. The summed E-state index contributed by atoms with van der Waals surface area (Å²) in [7, 11) is 0. The van der Waals surface area contributed by atoms with Crippen LogP contribution in [0.2, 0.25) is 0 Å². The van der Waals surface area contributed by atoms with Crippen molar-refractivity contribution in [1.82, 2.24) is 9.78 Å². The SMILES string of the molecule is CCC1COCn2nccc21. The number of hydrogen-bond donors (Lipinski definition) is 0. The van der Waals surface area contributed by atoms with Gasteiger partial charge in [-0.15, -0.1) is 0 Å². The van der Waals surface area contributed by atoms with Gasteiger partial charge in [-0.2, -0.15) is 5.10 Å². The molecular weight excluding hydrogens is 140 g/mol. The molecule has 0 saturated carbocycles. The van der Waals surface area contributed by atoms with Crippen LogP contribution in [0.3, 0.4) is 0 Å². The van der Waals surface area contributed by atoms with Crippen LogP contribution in [0.25, 0.3) is 0 Å². The lowest BCUT2D eigenvalue weighted by atomic mass is 10.0. The number of fused-ring (bicyclic) bond motifs is 1. The van der Waals surface area contributed by atoms with Crippen molar-refractivity contribution in [2.75, 3.05) is 6.61 Å². The molecule has 0 aromatic carbocycles. The van der Waals surface area contributed by atoms with Crippen LogP contribution in [0.4, 0.5) is 0 Å². The third kappa shape index (κ3) is 1.05. The van der Waals surface area contributed by atoms with E-state index in [0.717, 1.165) is 13.0 Å². The van der Waals surface area contributed by atoms with Crippen molar-refractivity contribution in [3.05, 3.63) is 18.0 Å². The Labute approximate surface area is 66.0 Å². The standard InChI is InChI=1S/C8H12N2O/c1-2-7-5-11-6-10-8(7)3-4-9-10/h3-4,7H,2,5-6H2,1H3. The maximum Gasteiger partial charge on any atom is 0.139 e. The summed E-state index contributed by atoms with van der Waals surface area (Å²) in [4.78, 5) is 0. The van der Waals surface area contributed by atoms with Gasteiger partial charge in [-0.1, -0.05) is 6.92 Å². The van der Waals surface area contributed by atoms with Crippen LogP contribution in [-0.2, 0) is 11.5 Å². The van der Waals surface area contributed by atoms with E-state index >= 15 is 0 Å². The number of ether oxygens (including phenoxy) is 1. The summed E-state index contributed by atoms with van der Waals surface area (Å²) in [5, 5.41) is 4.15. The molecule has 1 unspecified atom stereocenters. The highest BCUT2D eigenvalue weighted by Crippen LogP contribution is 2.22. The minimum Gasteiger partial charge on any atom is -0.359 e. The van der Waals surface area contributed by atoms with Crippen molar-refractivity contribution in [3.8, 4) is 0 Å². The van der Waals surface area contributed by atoms with Crippen molar-refractivity contribution >= 4 is 0 Å². The molecule has 0 saturated heterocycles. The molecule has 11 heavy (non-hydrogen) atoms. The van der Waals surface area contributed by atoms with E-state index in [4.69, 9.17) is 4.74 Å². The molecule has 3 heteroatoms. The summed E-state index contributed by atoms with van der Waals surface area (Å²) in [6.07, 6.45) is 2.97. The highest BCUT2D eigenvalue weighted by Gasteiger charge is 2.18. The Bertz CT molecular complexity index is 244. The van der Waals surface area contributed by atoms with Crippen molar-refractivity contribution in [2.45, 2.75) is 26.0 Å². The summed E-state index contributed by atoms with van der Waals surface area (Å²) in [5.41, 5.74) is 1.32. The fourth-order valence-corrected chi connectivity index (χ4v) is 1.49. The molecule has 0 N–H and O–H groups in total. The van der Waals surface area contributed by atoms with E-state index in [1.165, 1.54) is 5.69 Å². The molecule has 1 aromatic rings. The number of nitrogens with zero attached hydrogens (tertiary/aromatic N) is 2. The predicted octanol–water partition coefficient (Wildman–Crippen LogP) is 1.36. The summed E-state index contributed by atoms with van der Waals surface area (Å²) >= 11 is 0. The second-order valence-corrected chi connectivity index (χ2v) is 2.86. The molecule has 0 spiro atoms. The Morgan fingerprint density at radius 1 is 1.82 bits per heavy atom. The van der Waals surface area contributed by atoms with E-state index in [0.29, 0.717) is 12.6 Å². The Morgan fingerprint density at radius 3 is 3.55 bits per heavy atom. The lowest BCUT2D eigenvalue weighted by molar-refractivity contribution is 0.0296. The van der Waals surface area contributed by atoms with Gasteiger partial charge in [0.25, 0.3) is 0 Å². The average molecular weight is 152 g/mol. The summed E-state index contributed by atoms with van der Waals surface area (Å²) in [6.45, 7) is 3.65. The minimum atomic E-state index is 0.547. The topological polar surface area (TPSA) is 27.1 Å². The third-order valence-electron chi connectivity index (χ3n) is 2.19. The summed E-state index contributed by atoms with van der Waals surface area (Å²) in [6, 6.07) is 2.08. The van der Waals surface area contributed by atoms with Crippen molar-refractivity contribution in [3.63, 3.8) is 0 Å². The zero-order valence-corrected chi connectivity index (χ0v) is 6.66. The monoisotopic (exact) mass is 152 g/mol. The molecule has 1 atom stereocenters. The molecule has 2 rings (SSSR count). The van der Waals surface area contributed by atoms with Crippen LogP contribution in [-0.4, -0.2) is 16.4 Å². The molecule has 0 amide bonds. The van der Waals surface area contributed by atoms with Gasteiger partial charge < -0.3 is 4.74 Å². The van der Waals surface area contributed by atoms with Gasteiger partial charge in [-0.25, -0.2) is 4.68 Å². The first-order chi connectivity index (χ1) is 5.42. The maximum absolute atomic E-state index is 5.36. The van der Waals surface area contributed by atoms with E-state index in [1.807, 2.05) is 10.9 Å². The molecule has 1 aliphatic rings. The van der Waals surface area contributed by atoms with E-state index < -0.39 is 0 Å². The molecule has 60 valence electrons. The van der Waals surface area contributed by atoms with Crippen LogP contribution < -0.4 is 0 Å². The van der Waals surface area contributed by atoms with Gasteiger partial charge in [0.15, 0.2) is 0 Å². The second-order valence-electron chi connectivity index (χ2n) is 2.86. The van der Waals surface area contributed by atoms with Crippen molar-refractivity contribution < 1.29 is 4.74 Å². The molecule has 0 aliphatic carbocycles. The van der Waals surface area contributed by atoms with Gasteiger partial charge >= 0.3 is 0 Å². The molecular formula is C8H12N2O. The Balaban J connectivity index is 2.32. The number of rotatable bonds is 1. The first-order valence-corrected chi connectivity index (χ1v) is 4.01. The van der Waals surface area contributed by atoms with E-state index in [2.05, 4.69) is 18.1 Å². The first kappa shape index (κ1) is 6.85. The smallest absolute Gasteiger partial charge is 0.139 e. The zero-order chi connectivity index (χ0) is 7.68. The van der Waals surface area contributed by atoms with Crippen molar-refractivity contribution in [1.29, 1.82) is 0 Å². The van der Waals surface area contributed by atoms with E-state index in [-0.39, 0.29) is 0 Å². The van der Waals surface area contributed by atoms with Crippen molar-refractivity contribution in [2.24, 2.45) is 0 Å². The molecule has 0 radical (unpaired) electrons. The maximum atomic E-state index is 5.36. The van der Waals surface area contributed by atoms with Crippen LogP contribution in [0.15, 0.2) is 12.3 Å². The average Bonchev–Trinajstić information content (AvgIpc) is 2.50. The van der Waals surface area contributed by atoms with Gasteiger partial charge in [-0.05, 0) is 12.5 Å². The quantitative estimate of drug-likeness (QED) is 0.607. The van der Waals surface area contributed by atoms with E-state index in [9.17, 15) is 0 Å². The van der Waals surface area contributed by atoms with Crippen LogP contribution in [0.5, 0.6) is 0 Å². The van der Waals surface area contributed by atoms with Crippen LogP contribution in [0, 0.1) is 0 Å². The van der Waals surface area contributed by atoms with Gasteiger partial charge in [-0.3, -0.25) is 0 Å². The number of hydrogen-bond acceptors (Lipinski definition) is 2. The first-order valence-electron chi connectivity index (χ1n) is 4.01. The Morgan fingerprint density at radius 2 is 2.73 bits per heavy atom. The largest absolute Gasteiger partial charge is 0.359 e. The lowest BCUT2D eigenvalue weighted by Gasteiger charge is -2.22. The Hall–Kier alpha value is -0.830. The van der Waals surface area contributed by atoms with Gasteiger partial charge in [0.1, 0.15) is 6.73 Å². The normalized spacial score (nSPS) is 23.2. The summed E-state index contributed by atoms with van der Waals surface area (Å²) < 4.78 is 7.29. The summed E-state index contributed by atoms with van der Waals surface area (Å²) in [5.74, 6) is 0.547. The highest BCUT2D eigenvalue weighted by atomic mass is 16.5. The molecule has 1 aromatic heterocycles. The van der Waals surface area contributed by atoms with Gasteiger partial charge in [0, 0.05) is 17.8 Å². The van der Waals surface area contributed by atoms with E-state index in [1.54, 1.807) is 0 Å². The van der Waals surface area contributed by atoms with Crippen LogP contribution in [0.1, 0.15) is 25.0 Å². The fraction of sp³-hybridized carbons (Fsp3) is 0.625. The number of aromatic nitrogens is 2. The van der Waals surface area contributed by atoms with Gasteiger partial charge in [0.2, 0.25) is 0 Å². The Kier molecular flexibility index (Phi) is 1.66.